The van der Waals surface area contributed by atoms with Gasteiger partial charge in [0, 0.05) is 19.1 Å². The summed E-state index contributed by atoms with van der Waals surface area (Å²) in [4.78, 5) is 0. The molecule has 0 aromatic heterocycles. The summed E-state index contributed by atoms with van der Waals surface area (Å²) in [5.41, 5.74) is 2.38. The van der Waals surface area contributed by atoms with E-state index in [4.69, 9.17) is 4.74 Å². The highest BCUT2D eigenvalue weighted by Gasteiger charge is 2.54. The van der Waals surface area contributed by atoms with Crippen molar-refractivity contribution in [3.05, 3.63) is 41.5 Å². The molecule has 4 nitrogen and oxygen atoms in total. The Bertz CT molecular complexity index is 680. The van der Waals surface area contributed by atoms with E-state index in [0.717, 1.165) is 11.3 Å². The maximum atomic E-state index is 12.3. The van der Waals surface area contributed by atoms with Gasteiger partial charge in [0.1, 0.15) is 5.60 Å². The van der Waals surface area contributed by atoms with Gasteiger partial charge in [-0.3, -0.25) is 4.31 Å². The molecule has 5 heteroatoms. The van der Waals surface area contributed by atoms with Crippen molar-refractivity contribution < 1.29 is 13.2 Å². The molecule has 2 aliphatic rings. The van der Waals surface area contributed by atoms with Crippen LogP contribution in [-0.2, 0) is 20.4 Å². The first kappa shape index (κ1) is 13.6. The lowest BCUT2D eigenvalue weighted by atomic mass is 9.79. The summed E-state index contributed by atoms with van der Waals surface area (Å²) in [7, 11) is -1.66. The number of ether oxygens (including phenoxy) is 1. The molecular formula is C15H19NO3S. The number of rotatable bonds is 2. The van der Waals surface area contributed by atoms with E-state index in [1.54, 1.807) is 11.4 Å². The van der Waals surface area contributed by atoms with Crippen LogP contribution < -0.4 is 4.31 Å². The standard InChI is InChI=1S/C15H19NO3S/c1-11-8-9-15(19-2)12-6-4-5-7-13(12)16(14(15)10-11)20(3,17)18/h4-8,14H,9-10H2,1-3H3. The van der Waals surface area contributed by atoms with E-state index in [0.29, 0.717) is 12.8 Å². The van der Waals surface area contributed by atoms with Crippen molar-refractivity contribution in [2.24, 2.45) is 0 Å². The Morgan fingerprint density at radius 2 is 2.05 bits per heavy atom. The fourth-order valence-corrected chi connectivity index (χ4v) is 4.73. The van der Waals surface area contributed by atoms with Crippen LogP contribution in [0.15, 0.2) is 35.9 Å². The van der Waals surface area contributed by atoms with Gasteiger partial charge in [-0.05, 0) is 19.4 Å². The molecule has 1 heterocycles. The summed E-state index contributed by atoms with van der Waals surface area (Å²) < 4.78 is 31.9. The zero-order valence-corrected chi connectivity index (χ0v) is 12.8. The maximum Gasteiger partial charge on any atom is 0.232 e. The molecule has 0 saturated heterocycles. The molecule has 108 valence electrons. The summed E-state index contributed by atoms with van der Waals surface area (Å²) in [6.45, 7) is 2.04. The van der Waals surface area contributed by atoms with Crippen LogP contribution in [0.5, 0.6) is 0 Å². The molecule has 0 radical (unpaired) electrons. The minimum Gasteiger partial charge on any atom is -0.371 e. The fourth-order valence-electron chi connectivity index (χ4n) is 3.51. The highest BCUT2D eigenvalue weighted by atomic mass is 32.2. The van der Waals surface area contributed by atoms with E-state index in [1.807, 2.05) is 31.2 Å². The van der Waals surface area contributed by atoms with Crippen LogP contribution in [0, 0.1) is 0 Å². The topological polar surface area (TPSA) is 46.6 Å². The van der Waals surface area contributed by atoms with Crippen LogP contribution in [-0.4, -0.2) is 27.8 Å². The third-order valence-corrected chi connectivity index (χ3v) is 5.58. The van der Waals surface area contributed by atoms with Gasteiger partial charge >= 0.3 is 0 Å². The van der Waals surface area contributed by atoms with Crippen molar-refractivity contribution in [1.29, 1.82) is 0 Å². The molecule has 20 heavy (non-hydrogen) atoms. The molecule has 1 aliphatic carbocycles. The summed E-state index contributed by atoms with van der Waals surface area (Å²) in [5, 5.41) is 0. The first-order valence-corrected chi connectivity index (χ1v) is 8.54. The van der Waals surface area contributed by atoms with E-state index in [1.165, 1.54) is 11.8 Å². The Balaban J connectivity index is 2.27. The summed E-state index contributed by atoms with van der Waals surface area (Å²) in [6.07, 6.45) is 4.84. The van der Waals surface area contributed by atoms with E-state index < -0.39 is 15.6 Å². The van der Waals surface area contributed by atoms with Gasteiger partial charge in [0.2, 0.25) is 10.0 Å². The second kappa shape index (κ2) is 4.33. The Morgan fingerprint density at radius 1 is 1.35 bits per heavy atom. The molecule has 0 amide bonds. The van der Waals surface area contributed by atoms with Gasteiger partial charge < -0.3 is 4.74 Å². The minimum absolute atomic E-state index is 0.190. The van der Waals surface area contributed by atoms with Gasteiger partial charge in [-0.2, -0.15) is 0 Å². The van der Waals surface area contributed by atoms with Gasteiger partial charge in [0.25, 0.3) is 0 Å². The van der Waals surface area contributed by atoms with Crippen molar-refractivity contribution >= 4 is 15.7 Å². The monoisotopic (exact) mass is 293 g/mol. The van der Waals surface area contributed by atoms with E-state index >= 15 is 0 Å². The molecule has 0 spiro atoms. The Morgan fingerprint density at radius 3 is 2.70 bits per heavy atom. The molecule has 2 atom stereocenters. The molecule has 0 fully saturated rings. The van der Waals surface area contributed by atoms with Crippen molar-refractivity contribution in [2.75, 3.05) is 17.7 Å². The molecule has 0 saturated carbocycles. The smallest absolute Gasteiger partial charge is 0.232 e. The maximum absolute atomic E-state index is 12.3. The number of hydrogen-bond acceptors (Lipinski definition) is 3. The number of para-hydroxylation sites is 1. The average molecular weight is 293 g/mol. The minimum atomic E-state index is -3.33. The quantitative estimate of drug-likeness (QED) is 0.787. The van der Waals surface area contributed by atoms with Crippen LogP contribution >= 0.6 is 0 Å². The Hall–Kier alpha value is -1.33. The summed E-state index contributed by atoms with van der Waals surface area (Å²) >= 11 is 0. The molecular weight excluding hydrogens is 274 g/mol. The van der Waals surface area contributed by atoms with Crippen molar-refractivity contribution in [3.8, 4) is 0 Å². The van der Waals surface area contributed by atoms with Gasteiger partial charge in [0.05, 0.1) is 18.0 Å². The zero-order valence-electron chi connectivity index (χ0n) is 12.0. The summed E-state index contributed by atoms with van der Waals surface area (Å²) in [5.74, 6) is 0. The van der Waals surface area contributed by atoms with Crippen LogP contribution in [0.25, 0.3) is 0 Å². The molecule has 1 aliphatic heterocycles. The van der Waals surface area contributed by atoms with Crippen molar-refractivity contribution in [1.82, 2.24) is 0 Å². The van der Waals surface area contributed by atoms with Gasteiger partial charge in [-0.25, -0.2) is 8.42 Å². The van der Waals surface area contributed by atoms with E-state index in [2.05, 4.69) is 6.08 Å². The lowest BCUT2D eigenvalue weighted by Crippen LogP contribution is -2.49. The Labute approximate surface area is 120 Å². The van der Waals surface area contributed by atoms with Gasteiger partial charge in [-0.15, -0.1) is 0 Å². The number of sulfonamides is 1. The van der Waals surface area contributed by atoms with E-state index in [-0.39, 0.29) is 6.04 Å². The number of methoxy groups -OCH3 is 1. The number of benzene rings is 1. The SMILES string of the molecule is COC12CC=C(C)CC1N(S(C)(=O)=O)c1ccccc12. The predicted octanol–water partition coefficient (Wildman–Crippen LogP) is 2.42. The number of nitrogens with zero attached hydrogens (tertiary/aromatic N) is 1. The second-order valence-electron chi connectivity index (χ2n) is 5.64. The van der Waals surface area contributed by atoms with Crippen LogP contribution in [0.2, 0.25) is 0 Å². The lowest BCUT2D eigenvalue weighted by Gasteiger charge is -2.40. The molecule has 0 bridgehead atoms. The third kappa shape index (κ3) is 1.73. The third-order valence-electron chi connectivity index (χ3n) is 4.41. The zero-order chi connectivity index (χ0) is 14.5. The van der Waals surface area contributed by atoms with Crippen molar-refractivity contribution in [2.45, 2.75) is 31.4 Å². The average Bonchev–Trinajstić information content (AvgIpc) is 2.68. The van der Waals surface area contributed by atoms with Crippen LogP contribution in [0.3, 0.4) is 0 Å². The van der Waals surface area contributed by atoms with Crippen molar-refractivity contribution in [3.63, 3.8) is 0 Å². The van der Waals surface area contributed by atoms with Crippen LogP contribution in [0.4, 0.5) is 5.69 Å². The highest BCUT2D eigenvalue weighted by Crippen LogP contribution is 2.52. The van der Waals surface area contributed by atoms with Gasteiger partial charge in [0.15, 0.2) is 0 Å². The fraction of sp³-hybridized carbons (Fsp3) is 0.467. The second-order valence-corrected chi connectivity index (χ2v) is 7.50. The largest absolute Gasteiger partial charge is 0.371 e. The number of fused-ring (bicyclic) bond motifs is 3. The Kier molecular flexibility index (Phi) is 2.95. The van der Waals surface area contributed by atoms with Crippen LogP contribution in [0.1, 0.15) is 25.3 Å². The van der Waals surface area contributed by atoms with E-state index in [9.17, 15) is 8.42 Å². The summed E-state index contributed by atoms with van der Waals surface area (Å²) in [6, 6.07) is 7.46. The highest BCUT2D eigenvalue weighted by molar-refractivity contribution is 7.92. The molecule has 0 N–H and O–H groups in total. The number of hydrogen-bond donors (Lipinski definition) is 0. The molecule has 1 aromatic rings. The lowest BCUT2D eigenvalue weighted by molar-refractivity contribution is -0.0283. The van der Waals surface area contributed by atoms with Gasteiger partial charge in [-0.1, -0.05) is 29.8 Å². The molecule has 2 unspecified atom stereocenters. The first-order chi connectivity index (χ1) is 9.40. The first-order valence-electron chi connectivity index (χ1n) is 6.70. The molecule has 1 aromatic carbocycles. The number of anilines is 1. The predicted molar refractivity (Wildman–Crippen MR) is 79.2 cm³/mol. The normalized spacial score (nSPS) is 28.9. The molecule has 3 rings (SSSR count).